The number of carbonyl (C=O) groups excluding carboxylic acids is 1. The molecule has 0 radical (unpaired) electrons. The van der Waals surface area contributed by atoms with Crippen molar-refractivity contribution < 1.29 is 22.7 Å². The first kappa shape index (κ1) is 20.4. The molecule has 0 spiro atoms. The molecular weight excluding hydrogens is 323 g/mol. The van der Waals surface area contributed by atoms with Gasteiger partial charge in [-0.1, -0.05) is 25.4 Å². The Morgan fingerprint density at radius 2 is 1.82 bits per heavy atom. The van der Waals surface area contributed by atoms with Gasteiger partial charge in [-0.3, -0.25) is 0 Å². The molecule has 5 nitrogen and oxygen atoms in total. The van der Waals surface area contributed by atoms with E-state index in [0.717, 1.165) is 6.07 Å². The lowest BCUT2D eigenvalue weighted by molar-refractivity contribution is -0.145. The van der Waals surface area contributed by atoms with Crippen LogP contribution in [0.4, 0.5) is 18.0 Å². The SMILES string of the molecule is CC.CC(C)(C)OC(=O)NCc1cc(Cl)nc(C(F)(F)F)n1. The number of alkyl halides is 3. The molecule has 126 valence electrons. The van der Waals surface area contributed by atoms with Crippen molar-refractivity contribution in [2.75, 3.05) is 0 Å². The molecular formula is C13H19ClF3N3O2. The van der Waals surface area contributed by atoms with E-state index < -0.39 is 23.7 Å². The minimum absolute atomic E-state index is 0.0665. The zero-order valence-corrected chi connectivity index (χ0v) is 13.8. The van der Waals surface area contributed by atoms with Crippen molar-refractivity contribution >= 4 is 17.7 Å². The monoisotopic (exact) mass is 341 g/mol. The van der Waals surface area contributed by atoms with Crippen molar-refractivity contribution in [3.05, 3.63) is 22.7 Å². The first-order chi connectivity index (χ1) is 9.97. The van der Waals surface area contributed by atoms with Gasteiger partial charge in [0.25, 0.3) is 0 Å². The number of amides is 1. The number of ether oxygens (including phenoxy) is 1. The van der Waals surface area contributed by atoms with Crippen LogP contribution < -0.4 is 5.32 Å². The molecule has 1 rings (SSSR count). The fourth-order valence-electron chi connectivity index (χ4n) is 1.16. The molecule has 0 aromatic carbocycles. The molecule has 1 N–H and O–H groups in total. The summed E-state index contributed by atoms with van der Waals surface area (Å²) in [6.07, 6.45) is -5.47. The summed E-state index contributed by atoms with van der Waals surface area (Å²) < 4.78 is 42.4. The van der Waals surface area contributed by atoms with Crippen LogP contribution in [0.25, 0.3) is 0 Å². The van der Waals surface area contributed by atoms with E-state index in [-0.39, 0.29) is 17.4 Å². The molecule has 0 bridgehead atoms. The second kappa shape index (κ2) is 8.17. The number of aromatic nitrogens is 2. The second-order valence-electron chi connectivity index (χ2n) is 4.86. The summed E-state index contributed by atoms with van der Waals surface area (Å²) in [6.45, 7) is 8.74. The third kappa shape index (κ3) is 8.02. The first-order valence-electron chi connectivity index (χ1n) is 6.55. The van der Waals surface area contributed by atoms with Crippen LogP contribution in [-0.4, -0.2) is 21.7 Å². The molecule has 0 saturated heterocycles. The van der Waals surface area contributed by atoms with Crippen molar-refractivity contribution in [1.82, 2.24) is 15.3 Å². The lowest BCUT2D eigenvalue weighted by atomic mass is 10.2. The Bertz CT molecular complexity index is 502. The summed E-state index contributed by atoms with van der Waals surface area (Å²) in [5, 5.41) is 1.93. The Balaban J connectivity index is 0.00000211. The van der Waals surface area contributed by atoms with E-state index in [0.29, 0.717) is 0 Å². The topological polar surface area (TPSA) is 64.1 Å². The Kier molecular flexibility index (Phi) is 7.58. The second-order valence-corrected chi connectivity index (χ2v) is 5.25. The van der Waals surface area contributed by atoms with Gasteiger partial charge in [0.05, 0.1) is 12.2 Å². The highest BCUT2D eigenvalue weighted by molar-refractivity contribution is 6.29. The number of hydrogen-bond donors (Lipinski definition) is 1. The molecule has 0 aliphatic heterocycles. The van der Waals surface area contributed by atoms with Gasteiger partial charge in [0.1, 0.15) is 10.8 Å². The van der Waals surface area contributed by atoms with Crippen LogP contribution >= 0.6 is 11.6 Å². The largest absolute Gasteiger partial charge is 0.451 e. The van der Waals surface area contributed by atoms with Crippen LogP contribution in [0.5, 0.6) is 0 Å². The Labute approximate surface area is 132 Å². The Morgan fingerprint density at radius 3 is 2.27 bits per heavy atom. The molecule has 9 heteroatoms. The molecule has 0 aliphatic carbocycles. The fraction of sp³-hybridized carbons (Fsp3) is 0.615. The minimum atomic E-state index is -4.70. The van der Waals surface area contributed by atoms with Gasteiger partial charge >= 0.3 is 12.3 Å². The maximum Gasteiger partial charge on any atom is 0.451 e. The molecule has 22 heavy (non-hydrogen) atoms. The van der Waals surface area contributed by atoms with Crippen LogP contribution in [0.15, 0.2) is 6.07 Å². The zero-order chi connectivity index (χ0) is 17.6. The smallest absolute Gasteiger partial charge is 0.444 e. The van der Waals surface area contributed by atoms with Gasteiger partial charge in [0.2, 0.25) is 5.82 Å². The molecule has 0 aliphatic rings. The lowest BCUT2D eigenvalue weighted by Crippen LogP contribution is -2.32. The first-order valence-corrected chi connectivity index (χ1v) is 6.93. The average molecular weight is 342 g/mol. The summed E-state index contributed by atoms with van der Waals surface area (Å²) in [7, 11) is 0. The van der Waals surface area contributed by atoms with Gasteiger partial charge in [-0.15, -0.1) is 0 Å². The summed E-state index contributed by atoms with van der Waals surface area (Å²) in [4.78, 5) is 17.7. The van der Waals surface area contributed by atoms with Crippen molar-refractivity contribution in [3.63, 3.8) is 0 Å². The number of hydrogen-bond acceptors (Lipinski definition) is 4. The third-order valence-corrected chi connectivity index (χ3v) is 2.01. The molecule has 0 unspecified atom stereocenters. The van der Waals surface area contributed by atoms with Crippen molar-refractivity contribution in [1.29, 1.82) is 0 Å². The minimum Gasteiger partial charge on any atom is -0.444 e. The van der Waals surface area contributed by atoms with E-state index in [4.69, 9.17) is 16.3 Å². The van der Waals surface area contributed by atoms with Gasteiger partial charge in [-0.05, 0) is 26.8 Å². The predicted octanol–water partition coefficient (Wildman–Crippen LogP) is 4.20. The van der Waals surface area contributed by atoms with Crippen LogP contribution in [0, 0.1) is 0 Å². The molecule has 0 atom stereocenters. The maximum atomic E-state index is 12.5. The van der Waals surface area contributed by atoms with Gasteiger partial charge in [0, 0.05) is 0 Å². The van der Waals surface area contributed by atoms with E-state index >= 15 is 0 Å². The molecule has 1 amide bonds. The maximum absolute atomic E-state index is 12.5. The molecule has 1 aromatic rings. The number of carbonyl (C=O) groups is 1. The fourth-order valence-corrected chi connectivity index (χ4v) is 1.36. The van der Waals surface area contributed by atoms with Crippen LogP contribution in [-0.2, 0) is 17.5 Å². The molecule has 1 aromatic heterocycles. The number of halogens is 4. The average Bonchev–Trinajstić information content (AvgIpc) is 2.35. The number of rotatable bonds is 2. The standard InChI is InChI=1S/C11H13ClF3N3O2.C2H6/c1-10(2,3)20-9(19)16-5-6-4-7(12)18-8(17-6)11(13,14)15;1-2/h4H,5H2,1-3H3,(H,16,19);1-2H3. The predicted molar refractivity (Wildman–Crippen MR) is 76.5 cm³/mol. The summed E-state index contributed by atoms with van der Waals surface area (Å²) in [6, 6.07) is 1.13. The van der Waals surface area contributed by atoms with Crippen LogP contribution in [0.3, 0.4) is 0 Å². The van der Waals surface area contributed by atoms with E-state index in [2.05, 4.69) is 15.3 Å². The van der Waals surface area contributed by atoms with Crippen LogP contribution in [0.1, 0.15) is 46.1 Å². The van der Waals surface area contributed by atoms with E-state index in [1.165, 1.54) is 0 Å². The summed E-state index contributed by atoms with van der Waals surface area (Å²) in [5.41, 5.74) is -0.770. The van der Waals surface area contributed by atoms with E-state index in [1.807, 2.05) is 13.8 Å². The number of nitrogens with zero attached hydrogens (tertiary/aromatic N) is 2. The molecule has 0 fully saturated rings. The third-order valence-electron chi connectivity index (χ3n) is 1.81. The van der Waals surface area contributed by atoms with Crippen LogP contribution in [0.2, 0.25) is 5.15 Å². The zero-order valence-electron chi connectivity index (χ0n) is 13.0. The van der Waals surface area contributed by atoms with Gasteiger partial charge in [0.15, 0.2) is 0 Å². The van der Waals surface area contributed by atoms with Crippen molar-refractivity contribution in [3.8, 4) is 0 Å². The van der Waals surface area contributed by atoms with Gasteiger partial charge in [-0.25, -0.2) is 14.8 Å². The normalized spacial score (nSPS) is 11.3. The highest BCUT2D eigenvalue weighted by Gasteiger charge is 2.35. The summed E-state index contributed by atoms with van der Waals surface area (Å²) in [5.74, 6) is -1.36. The quantitative estimate of drug-likeness (QED) is 0.819. The highest BCUT2D eigenvalue weighted by atomic mass is 35.5. The molecule has 0 saturated carbocycles. The lowest BCUT2D eigenvalue weighted by Gasteiger charge is -2.19. The van der Waals surface area contributed by atoms with Crippen molar-refractivity contribution in [2.45, 2.75) is 52.9 Å². The molecule has 1 heterocycles. The van der Waals surface area contributed by atoms with E-state index in [9.17, 15) is 18.0 Å². The Hall–Kier alpha value is -1.57. The number of alkyl carbamates (subject to hydrolysis) is 1. The van der Waals surface area contributed by atoms with Gasteiger partial charge < -0.3 is 10.1 Å². The van der Waals surface area contributed by atoms with Crippen molar-refractivity contribution in [2.24, 2.45) is 0 Å². The Morgan fingerprint density at radius 1 is 1.27 bits per heavy atom. The van der Waals surface area contributed by atoms with E-state index in [1.54, 1.807) is 20.8 Å². The highest BCUT2D eigenvalue weighted by Crippen LogP contribution is 2.27. The number of nitrogens with one attached hydrogen (secondary N) is 1. The summed E-state index contributed by atoms with van der Waals surface area (Å²) >= 11 is 5.48. The van der Waals surface area contributed by atoms with Gasteiger partial charge in [-0.2, -0.15) is 13.2 Å².